The van der Waals surface area contributed by atoms with Crippen LogP contribution < -0.4 is 0 Å². The first-order valence-electron chi connectivity index (χ1n) is 19.5. The van der Waals surface area contributed by atoms with E-state index in [2.05, 4.69) is 41.5 Å². The molecule has 0 bridgehead atoms. The van der Waals surface area contributed by atoms with Crippen molar-refractivity contribution in [1.29, 1.82) is 0 Å². The van der Waals surface area contributed by atoms with Crippen molar-refractivity contribution in [3.8, 4) is 0 Å². The molecule has 0 rings (SSSR count). The molecule has 0 aliphatic carbocycles. The van der Waals surface area contributed by atoms with Crippen LogP contribution in [0.25, 0.3) is 0 Å². The molecule has 0 N–H and O–H groups in total. The first kappa shape index (κ1) is 40.0. The molecule has 0 amide bonds. The second-order valence-electron chi connectivity index (χ2n) is 14.8. The average molecular weight is 563 g/mol. The van der Waals surface area contributed by atoms with E-state index >= 15 is 0 Å². The molecule has 0 heteroatoms. The predicted octanol–water partition coefficient (Wildman–Crippen LogP) is 15.3. The Morgan fingerprint density at radius 3 is 0.625 bits per heavy atom. The van der Waals surface area contributed by atoms with Crippen LogP contribution in [0.4, 0.5) is 0 Å². The van der Waals surface area contributed by atoms with E-state index in [1.165, 1.54) is 193 Å². The number of rotatable bonds is 33. The van der Waals surface area contributed by atoms with Crippen LogP contribution in [0, 0.1) is 23.7 Å². The quantitative estimate of drug-likeness (QED) is 0.0698. The van der Waals surface area contributed by atoms with Crippen LogP contribution in [-0.4, -0.2) is 0 Å². The Hall–Kier alpha value is 0. The molecule has 0 aromatic rings. The first-order chi connectivity index (χ1) is 19.5. The molecule has 0 aromatic heterocycles. The van der Waals surface area contributed by atoms with Gasteiger partial charge in [0, 0.05) is 0 Å². The van der Waals surface area contributed by atoms with Crippen molar-refractivity contribution >= 4 is 0 Å². The van der Waals surface area contributed by atoms with Crippen molar-refractivity contribution < 1.29 is 0 Å². The molecule has 0 saturated carbocycles. The zero-order chi connectivity index (χ0) is 29.5. The largest absolute Gasteiger partial charge is 0.0654 e. The lowest BCUT2D eigenvalue weighted by Crippen LogP contribution is -2.02. The minimum atomic E-state index is 0.938. The topological polar surface area (TPSA) is 0 Å². The summed E-state index contributed by atoms with van der Waals surface area (Å²) < 4.78 is 0. The Morgan fingerprint density at radius 1 is 0.225 bits per heavy atom. The monoisotopic (exact) mass is 563 g/mol. The van der Waals surface area contributed by atoms with Crippen molar-refractivity contribution in [2.45, 2.75) is 234 Å². The molecule has 4 atom stereocenters. The molecule has 0 fully saturated rings. The maximum atomic E-state index is 2.52. The summed E-state index contributed by atoms with van der Waals surface area (Å²) in [6.45, 7) is 14.7. The third-order valence-electron chi connectivity index (χ3n) is 10.0. The van der Waals surface area contributed by atoms with Crippen LogP contribution in [0.3, 0.4) is 0 Å². The molecule has 242 valence electrons. The highest BCUT2D eigenvalue weighted by molar-refractivity contribution is 4.62. The van der Waals surface area contributed by atoms with E-state index < -0.39 is 0 Å². The van der Waals surface area contributed by atoms with Gasteiger partial charge in [-0.25, -0.2) is 0 Å². The zero-order valence-corrected chi connectivity index (χ0v) is 29.5. The van der Waals surface area contributed by atoms with E-state index in [9.17, 15) is 0 Å². The van der Waals surface area contributed by atoms with E-state index in [0.29, 0.717) is 0 Å². The van der Waals surface area contributed by atoms with Gasteiger partial charge >= 0.3 is 0 Å². The minimum absolute atomic E-state index is 0.938. The fourth-order valence-corrected chi connectivity index (χ4v) is 6.81. The second kappa shape index (κ2) is 31.9. The van der Waals surface area contributed by atoms with E-state index in [-0.39, 0.29) is 0 Å². The van der Waals surface area contributed by atoms with Crippen LogP contribution in [-0.2, 0) is 0 Å². The van der Waals surface area contributed by atoms with Crippen molar-refractivity contribution in [3.63, 3.8) is 0 Å². The summed E-state index contributed by atoms with van der Waals surface area (Å²) in [6, 6.07) is 0. The second-order valence-corrected chi connectivity index (χ2v) is 14.8. The van der Waals surface area contributed by atoms with Gasteiger partial charge in [-0.3, -0.25) is 0 Å². The molecule has 0 heterocycles. The highest BCUT2D eigenvalue weighted by Gasteiger charge is 2.09. The van der Waals surface area contributed by atoms with Gasteiger partial charge in [0.05, 0.1) is 0 Å². The lowest BCUT2D eigenvalue weighted by Gasteiger charge is -2.17. The molecule has 0 aliphatic rings. The summed E-state index contributed by atoms with van der Waals surface area (Å²) in [5.74, 6) is 3.77. The third-order valence-corrected chi connectivity index (χ3v) is 10.0. The number of unbranched alkanes of at least 4 members (excludes halogenated alkanes) is 17. The standard InChI is InChI=1S/C40H82/c1-7-9-11-13-15-17-18-19-21-23-25-30-38(4)32-27-34-40(6)36-28-35-39(5)33-26-31-37(3)29-24-22-20-16-14-12-10-8-2/h37-40H,7-36H2,1-6H3. The molecular weight excluding hydrogens is 480 g/mol. The highest BCUT2D eigenvalue weighted by atomic mass is 14.2. The normalized spacial score (nSPS) is 14.8. The van der Waals surface area contributed by atoms with Gasteiger partial charge in [-0.05, 0) is 23.7 Å². The molecule has 0 aliphatic heterocycles. The maximum absolute atomic E-state index is 2.52. The van der Waals surface area contributed by atoms with Gasteiger partial charge in [-0.15, -0.1) is 0 Å². The van der Waals surface area contributed by atoms with Gasteiger partial charge in [0.25, 0.3) is 0 Å². The van der Waals surface area contributed by atoms with Crippen LogP contribution in [0.5, 0.6) is 0 Å². The Balaban J connectivity index is 3.47. The van der Waals surface area contributed by atoms with Gasteiger partial charge in [-0.2, -0.15) is 0 Å². The smallest absolute Gasteiger partial charge is 0.0443 e. The Morgan fingerprint density at radius 2 is 0.400 bits per heavy atom. The van der Waals surface area contributed by atoms with Gasteiger partial charge in [-0.1, -0.05) is 234 Å². The van der Waals surface area contributed by atoms with Crippen molar-refractivity contribution in [3.05, 3.63) is 0 Å². The fraction of sp³-hybridized carbons (Fsp3) is 1.00. The van der Waals surface area contributed by atoms with Crippen molar-refractivity contribution in [1.82, 2.24) is 0 Å². The molecular formula is C40H82. The lowest BCUT2D eigenvalue weighted by molar-refractivity contribution is 0.364. The molecule has 4 unspecified atom stereocenters. The van der Waals surface area contributed by atoms with Crippen LogP contribution >= 0.6 is 0 Å². The Kier molecular flexibility index (Phi) is 31.9. The summed E-state index contributed by atoms with van der Waals surface area (Å²) in [4.78, 5) is 0. The number of hydrogen-bond acceptors (Lipinski definition) is 0. The molecule has 40 heavy (non-hydrogen) atoms. The first-order valence-corrected chi connectivity index (χ1v) is 19.5. The van der Waals surface area contributed by atoms with E-state index in [1.807, 2.05) is 0 Å². The summed E-state index contributed by atoms with van der Waals surface area (Å²) in [5.41, 5.74) is 0. The minimum Gasteiger partial charge on any atom is -0.0654 e. The molecule has 0 spiro atoms. The van der Waals surface area contributed by atoms with Crippen LogP contribution in [0.1, 0.15) is 234 Å². The van der Waals surface area contributed by atoms with Crippen LogP contribution in [0.15, 0.2) is 0 Å². The lowest BCUT2D eigenvalue weighted by atomic mass is 9.89. The van der Waals surface area contributed by atoms with Crippen molar-refractivity contribution in [2.75, 3.05) is 0 Å². The van der Waals surface area contributed by atoms with Crippen molar-refractivity contribution in [2.24, 2.45) is 23.7 Å². The highest BCUT2D eigenvalue weighted by Crippen LogP contribution is 2.24. The molecule has 0 aromatic carbocycles. The van der Waals surface area contributed by atoms with E-state index in [4.69, 9.17) is 0 Å². The fourth-order valence-electron chi connectivity index (χ4n) is 6.81. The maximum Gasteiger partial charge on any atom is -0.0443 e. The van der Waals surface area contributed by atoms with E-state index in [1.54, 1.807) is 0 Å². The summed E-state index contributed by atoms with van der Waals surface area (Å²) in [5, 5.41) is 0. The van der Waals surface area contributed by atoms with Crippen LogP contribution in [0.2, 0.25) is 0 Å². The molecule has 0 nitrogen and oxygen atoms in total. The zero-order valence-electron chi connectivity index (χ0n) is 29.5. The summed E-state index contributed by atoms with van der Waals surface area (Å²) >= 11 is 0. The third kappa shape index (κ3) is 30.9. The van der Waals surface area contributed by atoms with Gasteiger partial charge in [0.2, 0.25) is 0 Å². The number of hydrogen-bond donors (Lipinski definition) is 0. The van der Waals surface area contributed by atoms with Gasteiger partial charge in [0.15, 0.2) is 0 Å². The van der Waals surface area contributed by atoms with Gasteiger partial charge in [0.1, 0.15) is 0 Å². The summed E-state index contributed by atoms with van der Waals surface area (Å²) in [7, 11) is 0. The molecule has 0 radical (unpaired) electrons. The van der Waals surface area contributed by atoms with E-state index in [0.717, 1.165) is 23.7 Å². The SMILES string of the molecule is CCCCCCCCCCCCCC(C)CCCC(C)CCCC(C)CCCC(C)CCCCCCCCCC. The summed E-state index contributed by atoms with van der Waals surface area (Å²) in [6.07, 6.45) is 43.9. The van der Waals surface area contributed by atoms with Gasteiger partial charge < -0.3 is 0 Å². The Bertz CT molecular complexity index is 453. The predicted molar refractivity (Wildman–Crippen MR) is 187 cm³/mol. The Labute approximate surface area is 257 Å². The molecule has 0 saturated heterocycles. The average Bonchev–Trinajstić information content (AvgIpc) is 2.93.